The van der Waals surface area contributed by atoms with Crippen molar-refractivity contribution < 1.29 is 9.52 Å². The zero-order valence-corrected chi connectivity index (χ0v) is 17.3. The van der Waals surface area contributed by atoms with E-state index in [0.29, 0.717) is 6.54 Å². The first kappa shape index (κ1) is 21.0. The molecule has 3 N–H and O–H groups in total. The first-order valence-corrected chi connectivity index (χ1v) is 8.80. The number of rotatable bonds is 8. The largest absolute Gasteiger partial charge is 0.469 e. The van der Waals surface area contributed by atoms with E-state index in [1.54, 1.807) is 24.5 Å². The summed E-state index contributed by atoms with van der Waals surface area (Å²) in [5.74, 6) is 1.66. The van der Waals surface area contributed by atoms with Crippen LogP contribution in [0.2, 0.25) is 0 Å². The Morgan fingerprint density at radius 1 is 1.29 bits per heavy atom. The molecule has 0 aliphatic carbocycles. The van der Waals surface area contributed by atoms with Crippen molar-refractivity contribution in [2.45, 2.75) is 32.3 Å². The summed E-state index contributed by atoms with van der Waals surface area (Å²) in [6, 6.07) is 7.72. The van der Waals surface area contributed by atoms with E-state index in [1.807, 2.05) is 29.6 Å². The molecule has 24 heavy (non-hydrogen) atoms. The fourth-order valence-electron chi connectivity index (χ4n) is 2.07. The maximum atomic E-state index is 10.6. The van der Waals surface area contributed by atoms with Crippen molar-refractivity contribution in [2.24, 2.45) is 4.99 Å². The van der Waals surface area contributed by atoms with Gasteiger partial charge < -0.3 is 20.2 Å². The molecule has 2 aromatic rings. The Bertz CT molecular complexity index is 583. The molecule has 0 saturated heterocycles. The molecular formula is C17H26IN3O2S. The first-order valence-electron chi connectivity index (χ1n) is 7.93. The molecule has 2 rings (SSSR count). The van der Waals surface area contributed by atoms with E-state index in [1.165, 1.54) is 0 Å². The molecule has 134 valence electrons. The number of guanidine groups is 1. The van der Waals surface area contributed by atoms with Crippen molar-refractivity contribution in [3.63, 3.8) is 0 Å². The predicted octanol–water partition coefficient (Wildman–Crippen LogP) is 3.35. The van der Waals surface area contributed by atoms with Crippen LogP contribution in [0.1, 0.15) is 30.9 Å². The smallest absolute Gasteiger partial charge is 0.191 e. The highest BCUT2D eigenvalue weighted by molar-refractivity contribution is 14.0. The summed E-state index contributed by atoms with van der Waals surface area (Å²) in [5.41, 5.74) is -0.948. The molecule has 0 amide bonds. The maximum absolute atomic E-state index is 10.6. The van der Waals surface area contributed by atoms with E-state index in [9.17, 15) is 5.11 Å². The highest BCUT2D eigenvalue weighted by Crippen LogP contribution is 2.25. The summed E-state index contributed by atoms with van der Waals surface area (Å²) in [4.78, 5) is 5.45. The standard InChI is InChI=1S/C17H25N3O2S.HI/c1-3-9-18-16(19-10-8-14-6-4-11-22-14)20-13-17(2,21)15-7-5-12-23-15;/h4-7,11-12,21H,3,8-10,13H2,1-2H3,(H2,18,19,20);1H. The lowest BCUT2D eigenvalue weighted by molar-refractivity contribution is 0.0711. The fraction of sp³-hybridized carbons (Fsp3) is 0.471. The predicted molar refractivity (Wildman–Crippen MR) is 110 cm³/mol. The van der Waals surface area contributed by atoms with E-state index in [2.05, 4.69) is 22.5 Å². The van der Waals surface area contributed by atoms with Crippen LogP contribution < -0.4 is 10.6 Å². The van der Waals surface area contributed by atoms with Gasteiger partial charge in [0.2, 0.25) is 0 Å². The summed E-state index contributed by atoms with van der Waals surface area (Å²) < 4.78 is 5.32. The van der Waals surface area contributed by atoms with Crippen molar-refractivity contribution in [1.82, 2.24) is 10.6 Å². The molecule has 0 aliphatic heterocycles. The van der Waals surface area contributed by atoms with Gasteiger partial charge in [0.1, 0.15) is 11.4 Å². The van der Waals surface area contributed by atoms with E-state index >= 15 is 0 Å². The van der Waals surface area contributed by atoms with Gasteiger partial charge in [-0.15, -0.1) is 35.3 Å². The van der Waals surface area contributed by atoms with E-state index in [-0.39, 0.29) is 24.0 Å². The van der Waals surface area contributed by atoms with Gasteiger partial charge in [-0.1, -0.05) is 13.0 Å². The van der Waals surface area contributed by atoms with Crippen molar-refractivity contribution in [3.05, 3.63) is 46.5 Å². The second-order valence-electron chi connectivity index (χ2n) is 5.60. The van der Waals surface area contributed by atoms with Crippen LogP contribution >= 0.6 is 35.3 Å². The van der Waals surface area contributed by atoms with E-state index < -0.39 is 5.60 Å². The Labute approximate surface area is 164 Å². The molecule has 0 fully saturated rings. The SMILES string of the molecule is CCCNC(=NCC(C)(O)c1cccs1)NCCc1ccco1.I. The van der Waals surface area contributed by atoms with Crippen molar-refractivity contribution in [1.29, 1.82) is 0 Å². The average molecular weight is 463 g/mol. The molecule has 2 heterocycles. The Hall–Kier alpha value is -1.06. The Morgan fingerprint density at radius 2 is 2.08 bits per heavy atom. The van der Waals surface area contributed by atoms with Gasteiger partial charge in [0.25, 0.3) is 0 Å². The molecule has 0 saturated carbocycles. The normalized spacial score (nSPS) is 13.9. The topological polar surface area (TPSA) is 69.8 Å². The minimum Gasteiger partial charge on any atom is -0.469 e. The molecule has 0 aromatic carbocycles. The lowest BCUT2D eigenvalue weighted by Gasteiger charge is -2.20. The number of halogens is 1. The number of aliphatic hydroxyl groups is 1. The zero-order valence-electron chi connectivity index (χ0n) is 14.1. The minimum absolute atomic E-state index is 0. The van der Waals surface area contributed by atoms with Crippen molar-refractivity contribution in [3.8, 4) is 0 Å². The van der Waals surface area contributed by atoms with Gasteiger partial charge in [-0.2, -0.15) is 0 Å². The monoisotopic (exact) mass is 463 g/mol. The molecule has 0 aliphatic rings. The number of hydrogen-bond donors (Lipinski definition) is 3. The van der Waals surface area contributed by atoms with Crippen molar-refractivity contribution in [2.75, 3.05) is 19.6 Å². The highest BCUT2D eigenvalue weighted by Gasteiger charge is 2.23. The lowest BCUT2D eigenvalue weighted by Crippen LogP contribution is -2.40. The lowest BCUT2D eigenvalue weighted by atomic mass is 10.1. The van der Waals surface area contributed by atoms with Gasteiger partial charge in [-0.05, 0) is 36.9 Å². The van der Waals surface area contributed by atoms with Crippen LogP contribution in [0.15, 0.2) is 45.3 Å². The van der Waals surface area contributed by atoms with Gasteiger partial charge in [-0.25, -0.2) is 4.99 Å². The summed E-state index contributed by atoms with van der Waals surface area (Å²) in [7, 11) is 0. The molecule has 0 bridgehead atoms. The highest BCUT2D eigenvalue weighted by atomic mass is 127. The second-order valence-corrected chi connectivity index (χ2v) is 6.55. The summed E-state index contributed by atoms with van der Waals surface area (Å²) in [5, 5.41) is 19.1. The first-order chi connectivity index (χ1) is 11.1. The summed E-state index contributed by atoms with van der Waals surface area (Å²) in [6.07, 6.45) is 3.49. The van der Waals surface area contributed by atoms with Crippen LogP contribution in [0, 0.1) is 0 Å². The van der Waals surface area contributed by atoms with Crippen molar-refractivity contribution >= 4 is 41.3 Å². The van der Waals surface area contributed by atoms with E-state index in [0.717, 1.165) is 42.5 Å². The molecular weight excluding hydrogens is 437 g/mol. The number of nitrogens with one attached hydrogen (secondary N) is 2. The molecule has 7 heteroatoms. The Kier molecular flexibility index (Phi) is 9.38. The molecule has 2 aromatic heterocycles. The van der Waals surface area contributed by atoms with Gasteiger partial charge >= 0.3 is 0 Å². The molecule has 1 unspecified atom stereocenters. The van der Waals surface area contributed by atoms with Crippen LogP contribution in [0.4, 0.5) is 0 Å². The zero-order chi connectivity index (χ0) is 16.5. The third-order valence-electron chi connectivity index (χ3n) is 3.38. The van der Waals surface area contributed by atoms with Gasteiger partial charge in [-0.3, -0.25) is 0 Å². The third-order valence-corrected chi connectivity index (χ3v) is 4.51. The number of hydrogen-bond acceptors (Lipinski definition) is 4. The van der Waals surface area contributed by atoms with Crippen LogP contribution in [-0.2, 0) is 12.0 Å². The second kappa shape index (κ2) is 10.7. The van der Waals surface area contributed by atoms with Gasteiger partial charge in [0.05, 0.1) is 12.8 Å². The number of nitrogens with zero attached hydrogens (tertiary/aromatic N) is 1. The van der Waals surface area contributed by atoms with Crippen LogP contribution in [0.5, 0.6) is 0 Å². The minimum atomic E-state index is -0.948. The number of furan rings is 1. The summed E-state index contributed by atoms with van der Waals surface area (Å²) >= 11 is 1.54. The third kappa shape index (κ3) is 6.82. The van der Waals surface area contributed by atoms with Gasteiger partial charge in [0.15, 0.2) is 5.96 Å². The number of thiophene rings is 1. The molecule has 5 nitrogen and oxygen atoms in total. The van der Waals surface area contributed by atoms with Crippen LogP contribution in [-0.4, -0.2) is 30.7 Å². The van der Waals surface area contributed by atoms with E-state index in [4.69, 9.17) is 4.42 Å². The maximum Gasteiger partial charge on any atom is 0.191 e. The molecule has 0 radical (unpaired) electrons. The van der Waals surface area contributed by atoms with Crippen LogP contribution in [0.3, 0.4) is 0 Å². The van der Waals surface area contributed by atoms with Crippen LogP contribution in [0.25, 0.3) is 0 Å². The Balaban J connectivity index is 0.00000288. The number of aliphatic imine (C=N–C) groups is 1. The Morgan fingerprint density at radius 3 is 2.71 bits per heavy atom. The average Bonchev–Trinajstić information content (AvgIpc) is 3.22. The molecule has 0 spiro atoms. The van der Waals surface area contributed by atoms with Gasteiger partial charge in [0, 0.05) is 24.4 Å². The molecule has 1 atom stereocenters. The summed E-state index contributed by atoms with van der Waals surface area (Å²) in [6.45, 7) is 5.78. The quantitative estimate of drug-likeness (QED) is 0.319. The fourth-order valence-corrected chi connectivity index (χ4v) is 2.85.